The Labute approximate surface area is 238 Å². The summed E-state index contributed by atoms with van der Waals surface area (Å²) in [4.78, 5) is 59.8. The number of nitrogens with zero attached hydrogens (tertiary/aromatic N) is 4. The molecular weight excluding hydrogens is 551 g/mol. The van der Waals surface area contributed by atoms with Crippen molar-refractivity contribution in [2.75, 3.05) is 32.1 Å². The van der Waals surface area contributed by atoms with Gasteiger partial charge in [0.2, 0.25) is 23.6 Å². The van der Waals surface area contributed by atoms with Crippen LogP contribution in [0.25, 0.3) is 32.9 Å². The van der Waals surface area contributed by atoms with Gasteiger partial charge in [0.25, 0.3) is 0 Å². The zero-order valence-corrected chi connectivity index (χ0v) is 23.1. The number of aryl methyl sites for hydroxylation is 1. The number of anilines is 1. The monoisotopic (exact) mass is 580 g/mol. The van der Waals surface area contributed by atoms with E-state index in [-0.39, 0.29) is 43.3 Å². The van der Waals surface area contributed by atoms with E-state index in [4.69, 9.17) is 0 Å². The number of benzene rings is 2. The molecule has 15 heteroatoms. The van der Waals surface area contributed by atoms with Crippen LogP contribution in [0.3, 0.4) is 0 Å². The van der Waals surface area contributed by atoms with Crippen molar-refractivity contribution in [3.63, 3.8) is 0 Å². The molecule has 4 rings (SSSR count). The fourth-order valence-corrected chi connectivity index (χ4v) is 4.26. The average molecular weight is 581 g/mol. The van der Waals surface area contributed by atoms with Gasteiger partial charge in [-0.3, -0.25) is 33.3 Å². The fourth-order valence-electron chi connectivity index (χ4n) is 4.26. The lowest BCUT2D eigenvalue weighted by Gasteiger charge is -2.09. The van der Waals surface area contributed by atoms with E-state index < -0.39 is 36.1 Å². The van der Waals surface area contributed by atoms with E-state index in [1.807, 2.05) is 0 Å². The van der Waals surface area contributed by atoms with Crippen LogP contribution >= 0.6 is 0 Å². The molecule has 0 fully saturated rings. The first-order valence-corrected chi connectivity index (χ1v) is 12.8. The number of carbonyl (C=O) groups is 5. The molecule has 0 bridgehead atoms. The predicted molar refractivity (Wildman–Crippen MR) is 149 cm³/mol. The van der Waals surface area contributed by atoms with Gasteiger partial charge in [0.1, 0.15) is 18.9 Å². The lowest BCUT2D eigenvalue weighted by Crippen LogP contribution is -2.40. The molecule has 2 aromatic carbocycles. The molecule has 4 amide bonds. The third-order valence-electron chi connectivity index (χ3n) is 6.28. The van der Waals surface area contributed by atoms with Crippen molar-refractivity contribution in [1.82, 2.24) is 35.5 Å². The Morgan fingerprint density at radius 2 is 1.71 bits per heavy atom. The van der Waals surface area contributed by atoms with Crippen LogP contribution in [-0.2, 0) is 42.3 Å². The Balaban J connectivity index is 1.66. The highest BCUT2D eigenvalue weighted by atomic mass is 19.1. The minimum Gasteiger partial charge on any atom is -0.468 e. The molecule has 0 aliphatic rings. The number of esters is 1. The van der Waals surface area contributed by atoms with Crippen molar-refractivity contribution >= 4 is 57.2 Å². The van der Waals surface area contributed by atoms with Crippen molar-refractivity contribution in [3.05, 3.63) is 42.3 Å². The van der Waals surface area contributed by atoms with Gasteiger partial charge in [0.05, 0.1) is 36.3 Å². The topological polar surface area (TPSA) is 178 Å². The minimum absolute atomic E-state index is 0.0490. The maximum atomic E-state index is 15.4. The van der Waals surface area contributed by atoms with Gasteiger partial charge < -0.3 is 26.0 Å². The molecule has 0 aliphatic carbocycles. The summed E-state index contributed by atoms with van der Waals surface area (Å²) in [5.74, 6) is -3.00. The second-order valence-electron chi connectivity index (χ2n) is 9.28. The number of nitrogens with one attached hydrogen (secondary N) is 4. The summed E-state index contributed by atoms with van der Waals surface area (Å²) in [6.45, 7) is 0.349. The van der Waals surface area contributed by atoms with Crippen molar-refractivity contribution in [2.24, 2.45) is 7.05 Å². The normalized spacial score (nSPS) is 10.9. The van der Waals surface area contributed by atoms with Crippen molar-refractivity contribution < 1.29 is 33.1 Å². The largest absolute Gasteiger partial charge is 0.468 e. The van der Waals surface area contributed by atoms with E-state index in [9.17, 15) is 24.0 Å². The SMILES string of the molecule is COC(=O)CNC(=O)CNC(=O)Cn1nc(NC(=O)CCNC(C)=O)c2c(-c3cc4c(cnn4C)cc3F)cccc21. The van der Waals surface area contributed by atoms with Crippen LogP contribution < -0.4 is 21.3 Å². The summed E-state index contributed by atoms with van der Waals surface area (Å²) < 4.78 is 22.8. The standard InChI is InChI=1S/C27H29FN8O6/c1-15(37)29-8-7-22(38)33-27-26-17(18-10-21-16(9-19(18)28)11-32-35(21)2)5-4-6-20(26)36(34-27)14-24(40)30-12-23(39)31-13-25(41)42-3/h4-6,9-11H,7-8,12-14H2,1-3H3,(H,29,37)(H,30,40)(H,31,39)(H,33,34,38). The van der Waals surface area contributed by atoms with Crippen molar-refractivity contribution in [3.8, 4) is 11.1 Å². The highest BCUT2D eigenvalue weighted by molar-refractivity contribution is 6.08. The first kappa shape index (κ1) is 29.6. The summed E-state index contributed by atoms with van der Waals surface area (Å²) in [5.41, 5.74) is 1.75. The second-order valence-corrected chi connectivity index (χ2v) is 9.28. The van der Waals surface area contributed by atoms with Gasteiger partial charge in [0, 0.05) is 37.9 Å². The summed E-state index contributed by atoms with van der Waals surface area (Å²) in [7, 11) is 2.92. The highest BCUT2D eigenvalue weighted by Gasteiger charge is 2.21. The smallest absolute Gasteiger partial charge is 0.325 e. The molecular formula is C27H29FN8O6. The lowest BCUT2D eigenvalue weighted by atomic mass is 9.99. The quantitative estimate of drug-likeness (QED) is 0.186. The number of aromatic nitrogens is 4. The number of halogens is 1. The van der Waals surface area contributed by atoms with E-state index in [1.54, 1.807) is 42.2 Å². The number of hydrogen-bond donors (Lipinski definition) is 4. The van der Waals surface area contributed by atoms with Gasteiger partial charge in [-0.2, -0.15) is 10.2 Å². The van der Waals surface area contributed by atoms with E-state index >= 15 is 4.39 Å². The van der Waals surface area contributed by atoms with Crippen LogP contribution in [-0.4, -0.2) is 75.9 Å². The van der Waals surface area contributed by atoms with Crippen LogP contribution in [0.5, 0.6) is 0 Å². The van der Waals surface area contributed by atoms with Gasteiger partial charge in [0.15, 0.2) is 5.82 Å². The first-order chi connectivity index (χ1) is 20.1. The number of ether oxygens (including phenoxy) is 1. The second kappa shape index (κ2) is 12.9. The molecule has 0 spiro atoms. The Morgan fingerprint density at radius 1 is 0.952 bits per heavy atom. The maximum absolute atomic E-state index is 15.4. The highest BCUT2D eigenvalue weighted by Crippen LogP contribution is 2.36. The molecule has 2 heterocycles. The zero-order chi connectivity index (χ0) is 30.4. The van der Waals surface area contributed by atoms with Crippen LogP contribution in [0.4, 0.5) is 10.2 Å². The number of methoxy groups -OCH3 is 1. The Hall–Kier alpha value is -5.34. The van der Waals surface area contributed by atoms with E-state index in [1.165, 1.54) is 24.8 Å². The molecule has 0 atom stereocenters. The summed E-state index contributed by atoms with van der Waals surface area (Å²) in [5, 5.41) is 19.6. The fraction of sp³-hybridized carbons (Fsp3) is 0.296. The molecule has 14 nitrogen and oxygen atoms in total. The van der Waals surface area contributed by atoms with E-state index in [0.717, 1.165) is 0 Å². The van der Waals surface area contributed by atoms with Crippen LogP contribution in [0.15, 0.2) is 36.5 Å². The molecule has 0 saturated heterocycles. The number of carbonyl (C=O) groups excluding carboxylic acids is 5. The molecule has 0 aliphatic heterocycles. The average Bonchev–Trinajstić information content (AvgIpc) is 3.48. The van der Waals surface area contributed by atoms with Crippen molar-refractivity contribution in [2.45, 2.75) is 19.9 Å². The van der Waals surface area contributed by atoms with Gasteiger partial charge in [-0.25, -0.2) is 4.39 Å². The van der Waals surface area contributed by atoms with E-state index in [0.29, 0.717) is 27.4 Å². The predicted octanol–water partition coefficient (Wildman–Crippen LogP) is 0.599. The van der Waals surface area contributed by atoms with Crippen LogP contribution in [0, 0.1) is 5.82 Å². The van der Waals surface area contributed by atoms with Gasteiger partial charge in [-0.05, 0) is 23.8 Å². The van der Waals surface area contributed by atoms with E-state index in [2.05, 4.69) is 36.2 Å². The molecule has 220 valence electrons. The Bertz CT molecular complexity index is 1690. The third kappa shape index (κ3) is 6.86. The number of rotatable bonds is 11. The molecule has 42 heavy (non-hydrogen) atoms. The third-order valence-corrected chi connectivity index (χ3v) is 6.28. The molecule has 0 radical (unpaired) electrons. The number of amides is 4. The summed E-state index contributed by atoms with van der Waals surface area (Å²) >= 11 is 0. The molecule has 2 aromatic heterocycles. The maximum Gasteiger partial charge on any atom is 0.325 e. The number of hydrogen-bond acceptors (Lipinski definition) is 8. The summed E-state index contributed by atoms with van der Waals surface area (Å²) in [6.07, 6.45) is 1.50. The van der Waals surface area contributed by atoms with Gasteiger partial charge in [-0.1, -0.05) is 12.1 Å². The molecule has 0 unspecified atom stereocenters. The van der Waals surface area contributed by atoms with Crippen LogP contribution in [0.1, 0.15) is 13.3 Å². The minimum atomic E-state index is -0.640. The van der Waals surface area contributed by atoms with Crippen LogP contribution in [0.2, 0.25) is 0 Å². The molecule has 0 saturated carbocycles. The van der Waals surface area contributed by atoms with Gasteiger partial charge >= 0.3 is 5.97 Å². The van der Waals surface area contributed by atoms with Gasteiger partial charge in [-0.15, -0.1) is 0 Å². The summed E-state index contributed by atoms with van der Waals surface area (Å²) in [6, 6.07) is 8.02. The molecule has 4 aromatic rings. The number of fused-ring (bicyclic) bond motifs is 2. The Kier molecular flexibility index (Phi) is 9.09. The van der Waals surface area contributed by atoms with Crippen molar-refractivity contribution in [1.29, 1.82) is 0 Å². The molecule has 4 N–H and O–H groups in total. The lowest BCUT2D eigenvalue weighted by molar-refractivity contribution is -0.141. The zero-order valence-electron chi connectivity index (χ0n) is 23.1. The first-order valence-electron chi connectivity index (χ1n) is 12.8. The Morgan fingerprint density at radius 3 is 2.45 bits per heavy atom.